The van der Waals surface area contributed by atoms with Crippen molar-refractivity contribution in [2.45, 2.75) is 26.7 Å². The maximum atomic E-state index is 12.0. The molecule has 1 amide bonds. The van der Waals surface area contributed by atoms with Gasteiger partial charge in [-0.1, -0.05) is 12.1 Å². The van der Waals surface area contributed by atoms with Gasteiger partial charge in [-0.25, -0.2) is 0 Å². The van der Waals surface area contributed by atoms with Crippen LogP contribution in [0.25, 0.3) is 0 Å². The first-order valence-electron chi connectivity index (χ1n) is 9.46. The Hall–Kier alpha value is -2.27. The van der Waals surface area contributed by atoms with Gasteiger partial charge < -0.3 is 14.6 Å². The maximum Gasteiger partial charge on any atom is 0.221 e. The molecule has 5 heteroatoms. The monoisotopic (exact) mass is 355 g/mol. The van der Waals surface area contributed by atoms with Crippen LogP contribution in [-0.4, -0.2) is 50.1 Å². The molecule has 0 saturated carbocycles. The average molecular weight is 355 g/mol. The molecule has 140 valence electrons. The summed E-state index contributed by atoms with van der Waals surface area (Å²) in [4.78, 5) is 16.8. The maximum absolute atomic E-state index is 12.0. The number of furan rings is 1. The number of nitrogens with one attached hydrogen (secondary N) is 1. The number of hydrogen-bond donors (Lipinski definition) is 1. The van der Waals surface area contributed by atoms with E-state index >= 15 is 0 Å². The van der Waals surface area contributed by atoms with Crippen LogP contribution in [0.3, 0.4) is 0 Å². The van der Waals surface area contributed by atoms with Crippen molar-refractivity contribution in [3.8, 4) is 0 Å². The third-order valence-corrected chi connectivity index (χ3v) is 4.88. The van der Waals surface area contributed by atoms with Crippen molar-refractivity contribution in [1.82, 2.24) is 10.2 Å². The number of nitrogens with zero attached hydrogens (tertiary/aromatic N) is 2. The quantitative estimate of drug-likeness (QED) is 0.830. The Morgan fingerprint density at radius 3 is 2.62 bits per heavy atom. The predicted molar refractivity (Wildman–Crippen MR) is 105 cm³/mol. The molecule has 0 atom stereocenters. The number of piperazine rings is 1. The lowest BCUT2D eigenvalue weighted by Crippen LogP contribution is -2.47. The zero-order chi connectivity index (χ0) is 18.4. The number of hydrogen-bond acceptors (Lipinski definition) is 4. The molecule has 0 radical (unpaired) electrons. The summed E-state index contributed by atoms with van der Waals surface area (Å²) in [5.74, 6) is 1.96. The minimum atomic E-state index is 0.120. The molecule has 0 bridgehead atoms. The molecule has 1 N–H and O–H groups in total. The van der Waals surface area contributed by atoms with Crippen LogP contribution in [0.5, 0.6) is 0 Å². The number of rotatable bonds is 7. The summed E-state index contributed by atoms with van der Waals surface area (Å²) in [5.41, 5.74) is 2.60. The largest absolute Gasteiger partial charge is 0.466 e. The second kappa shape index (κ2) is 8.90. The highest BCUT2D eigenvalue weighted by Crippen LogP contribution is 2.17. The number of carbonyl (C=O) groups excluding carboxylic acids is 1. The molecule has 1 aromatic heterocycles. The van der Waals surface area contributed by atoms with Gasteiger partial charge in [-0.2, -0.15) is 0 Å². The molecule has 26 heavy (non-hydrogen) atoms. The molecule has 3 rings (SSSR count). The molecular formula is C21H29N3O2. The summed E-state index contributed by atoms with van der Waals surface area (Å²) < 4.78 is 5.51. The predicted octanol–water partition coefficient (Wildman–Crippen LogP) is 2.77. The molecule has 1 aliphatic rings. The first kappa shape index (κ1) is 18.5. The third kappa shape index (κ3) is 5.36. The lowest BCUT2D eigenvalue weighted by atomic mass is 10.2. The minimum Gasteiger partial charge on any atom is -0.466 e. The number of benzene rings is 1. The zero-order valence-corrected chi connectivity index (χ0v) is 15.8. The van der Waals surface area contributed by atoms with Crippen LogP contribution >= 0.6 is 0 Å². The summed E-state index contributed by atoms with van der Waals surface area (Å²) in [6.45, 7) is 9.57. The third-order valence-electron chi connectivity index (χ3n) is 4.88. The minimum absolute atomic E-state index is 0.120. The number of anilines is 1. The molecule has 0 spiro atoms. The fraction of sp³-hybridized carbons (Fsp3) is 0.476. The van der Waals surface area contributed by atoms with Crippen LogP contribution < -0.4 is 10.2 Å². The first-order valence-corrected chi connectivity index (χ1v) is 9.46. The van der Waals surface area contributed by atoms with E-state index < -0.39 is 0 Å². The molecule has 1 saturated heterocycles. The Morgan fingerprint density at radius 2 is 1.92 bits per heavy atom. The first-order chi connectivity index (χ1) is 12.6. The Kier molecular flexibility index (Phi) is 6.34. The second-order valence-corrected chi connectivity index (χ2v) is 7.03. The fourth-order valence-electron chi connectivity index (χ4n) is 3.35. The van der Waals surface area contributed by atoms with E-state index in [1.807, 2.05) is 19.1 Å². The Labute approximate surface area is 156 Å². The van der Waals surface area contributed by atoms with Crippen LogP contribution in [0.15, 0.2) is 40.8 Å². The van der Waals surface area contributed by atoms with E-state index in [9.17, 15) is 4.79 Å². The normalized spacial score (nSPS) is 15.2. The van der Waals surface area contributed by atoms with E-state index in [1.165, 1.54) is 11.3 Å². The van der Waals surface area contributed by atoms with E-state index in [0.29, 0.717) is 13.0 Å². The molecule has 1 aliphatic heterocycles. The van der Waals surface area contributed by atoms with Crippen molar-refractivity contribution >= 4 is 11.6 Å². The van der Waals surface area contributed by atoms with Gasteiger partial charge in [0.25, 0.3) is 0 Å². The van der Waals surface area contributed by atoms with Gasteiger partial charge in [0, 0.05) is 57.8 Å². The highest BCUT2D eigenvalue weighted by atomic mass is 16.3. The Balaban J connectivity index is 1.32. The summed E-state index contributed by atoms with van der Waals surface area (Å²) in [7, 11) is 0. The van der Waals surface area contributed by atoms with Crippen LogP contribution in [0.4, 0.5) is 5.69 Å². The van der Waals surface area contributed by atoms with Crippen LogP contribution in [0, 0.1) is 13.8 Å². The summed E-state index contributed by atoms with van der Waals surface area (Å²) >= 11 is 0. The van der Waals surface area contributed by atoms with Crippen molar-refractivity contribution in [2.24, 2.45) is 0 Å². The van der Waals surface area contributed by atoms with Gasteiger partial charge in [0.05, 0.1) is 0 Å². The molecule has 0 aliphatic carbocycles. The molecule has 2 aromatic rings. The molecule has 5 nitrogen and oxygen atoms in total. The van der Waals surface area contributed by atoms with Crippen molar-refractivity contribution in [3.63, 3.8) is 0 Å². The van der Waals surface area contributed by atoms with Crippen LogP contribution in [0.2, 0.25) is 0 Å². The Morgan fingerprint density at radius 1 is 1.12 bits per heavy atom. The molecule has 0 unspecified atom stereocenters. The highest BCUT2D eigenvalue weighted by molar-refractivity contribution is 5.76. The fourth-order valence-corrected chi connectivity index (χ4v) is 3.35. The van der Waals surface area contributed by atoms with E-state index in [1.54, 1.807) is 0 Å². The van der Waals surface area contributed by atoms with E-state index in [-0.39, 0.29) is 5.91 Å². The topological polar surface area (TPSA) is 48.7 Å². The summed E-state index contributed by atoms with van der Waals surface area (Å²) in [6, 6.07) is 12.6. The number of aryl methyl sites for hydroxylation is 2. The van der Waals surface area contributed by atoms with Gasteiger partial charge in [-0.3, -0.25) is 9.69 Å². The Bertz CT molecular complexity index is 718. The van der Waals surface area contributed by atoms with E-state index in [0.717, 1.165) is 50.7 Å². The second-order valence-electron chi connectivity index (χ2n) is 7.03. The van der Waals surface area contributed by atoms with E-state index in [2.05, 4.69) is 46.3 Å². The summed E-state index contributed by atoms with van der Waals surface area (Å²) in [6.07, 6.45) is 1.30. The molecular weight excluding hydrogens is 326 g/mol. The van der Waals surface area contributed by atoms with Gasteiger partial charge in [-0.15, -0.1) is 0 Å². The van der Waals surface area contributed by atoms with Gasteiger partial charge in [0.15, 0.2) is 0 Å². The van der Waals surface area contributed by atoms with Crippen LogP contribution in [-0.2, 0) is 11.2 Å². The lowest BCUT2D eigenvalue weighted by molar-refractivity contribution is -0.121. The molecule has 1 aromatic carbocycles. The van der Waals surface area contributed by atoms with Gasteiger partial charge in [0.2, 0.25) is 5.91 Å². The average Bonchev–Trinajstić information content (AvgIpc) is 3.05. The molecule has 2 heterocycles. The van der Waals surface area contributed by atoms with Gasteiger partial charge in [-0.05, 0) is 43.7 Å². The summed E-state index contributed by atoms with van der Waals surface area (Å²) in [5, 5.41) is 2.98. The van der Waals surface area contributed by atoms with Crippen LogP contribution in [0.1, 0.15) is 23.5 Å². The van der Waals surface area contributed by atoms with Crippen molar-refractivity contribution < 1.29 is 9.21 Å². The van der Waals surface area contributed by atoms with E-state index in [4.69, 9.17) is 4.42 Å². The smallest absolute Gasteiger partial charge is 0.221 e. The highest BCUT2D eigenvalue weighted by Gasteiger charge is 2.17. The standard InChI is InChI=1S/C21H29N3O2/c1-17-4-3-5-19(16-17)24-14-12-23(13-15-24)11-9-21(25)22-10-8-20-7-6-18(2)26-20/h3-7,16H,8-15H2,1-2H3,(H,22,25). The zero-order valence-electron chi connectivity index (χ0n) is 15.8. The SMILES string of the molecule is Cc1cccc(N2CCN(CCC(=O)NCCc3ccc(C)o3)CC2)c1. The van der Waals surface area contributed by atoms with Gasteiger partial charge in [0.1, 0.15) is 11.5 Å². The van der Waals surface area contributed by atoms with Crippen molar-refractivity contribution in [2.75, 3.05) is 44.2 Å². The number of carbonyl (C=O) groups is 1. The van der Waals surface area contributed by atoms with Crippen molar-refractivity contribution in [3.05, 3.63) is 53.5 Å². The molecule has 1 fully saturated rings. The lowest BCUT2D eigenvalue weighted by Gasteiger charge is -2.36. The van der Waals surface area contributed by atoms with Gasteiger partial charge >= 0.3 is 0 Å². The van der Waals surface area contributed by atoms with Crippen molar-refractivity contribution in [1.29, 1.82) is 0 Å². The number of amides is 1.